The van der Waals surface area contributed by atoms with Crippen LogP contribution in [-0.4, -0.2) is 5.11 Å². The van der Waals surface area contributed by atoms with E-state index in [9.17, 15) is 9.90 Å². The Kier molecular flexibility index (Phi) is 2.00. The maximum Gasteiger partial charge on any atom is 0.192 e. The van der Waals surface area contributed by atoms with Gasteiger partial charge in [0.05, 0.1) is 11.6 Å². The van der Waals surface area contributed by atoms with E-state index in [-0.39, 0.29) is 11.2 Å². The van der Waals surface area contributed by atoms with Crippen LogP contribution in [-0.2, 0) is 6.42 Å². The first-order valence-electron chi connectivity index (χ1n) is 4.45. The van der Waals surface area contributed by atoms with Gasteiger partial charge < -0.3 is 9.52 Å². The summed E-state index contributed by atoms with van der Waals surface area (Å²) in [6.45, 7) is 1.92. The number of hydrogen-bond acceptors (Lipinski definition) is 3. The van der Waals surface area contributed by atoms with Crippen LogP contribution in [0.4, 0.5) is 0 Å². The van der Waals surface area contributed by atoms with Gasteiger partial charge in [0.15, 0.2) is 5.43 Å². The van der Waals surface area contributed by atoms with Gasteiger partial charge in [-0.05, 0) is 18.1 Å². The Bertz CT molecular complexity index is 526. The Hall–Kier alpha value is -1.77. The second-order valence-corrected chi connectivity index (χ2v) is 3.12. The molecule has 1 aromatic carbocycles. The molecular formula is C11H10O3. The van der Waals surface area contributed by atoms with Crippen LogP contribution in [0, 0.1) is 0 Å². The number of benzene rings is 1. The summed E-state index contributed by atoms with van der Waals surface area (Å²) >= 11 is 0. The fourth-order valence-corrected chi connectivity index (χ4v) is 1.45. The molecule has 0 bridgehead atoms. The van der Waals surface area contributed by atoms with Gasteiger partial charge in [-0.2, -0.15) is 0 Å². The minimum absolute atomic E-state index is 0.0825. The summed E-state index contributed by atoms with van der Waals surface area (Å²) in [6.07, 6.45) is 2.02. The molecule has 0 fully saturated rings. The lowest BCUT2D eigenvalue weighted by molar-refractivity contribution is 0.467. The van der Waals surface area contributed by atoms with E-state index < -0.39 is 0 Å². The molecule has 1 aromatic heterocycles. The van der Waals surface area contributed by atoms with E-state index in [1.54, 1.807) is 6.07 Å². The van der Waals surface area contributed by atoms with Gasteiger partial charge in [-0.25, -0.2) is 0 Å². The van der Waals surface area contributed by atoms with Crippen LogP contribution >= 0.6 is 0 Å². The third-order valence-electron chi connectivity index (χ3n) is 2.24. The van der Waals surface area contributed by atoms with Gasteiger partial charge in [0, 0.05) is 12.1 Å². The van der Waals surface area contributed by atoms with Crippen LogP contribution in [0.1, 0.15) is 12.5 Å². The first-order valence-corrected chi connectivity index (χ1v) is 4.45. The van der Waals surface area contributed by atoms with Gasteiger partial charge >= 0.3 is 0 Å². The topological polar surface area (TPSA) is 50.4 Å². The van der Waals surface area contributed by atoms with Gasteiger partial charge in [-0.3, -0.25) is 4.79 Å². The summed E-state index contributed by atoms with van der Waals surface area (Å²) in [5, 5.41) is 10.1. The van der Waals surface area contributed by atoms with Crippen molar-refractivity contribution in [2.24, 2.45) is 0 Å². The van der Waals surface area contributed by atoms with Crippen molar-refractivity contribution in [3.8, 4) is 5.75 Å². The molecule has 1 N–H and O–H groups in total. The number of phenols is 1. The van der Waals surface area contributed by atoms with E-state index in [4.69, 9.17) is 4.42 Å². The molecule has 0 amide bonds. The van der Waals surface area contributed by atoms with Crippen molar-refractivity contribution in [2.75, 3.05) is 0 Å². The Morgan fingerprint density at radius 1 is 1.43 bits per heavy atom. The van der Waals surface area contributed by atoms with E-state index in [0.717, 1.165) is 5.56 Å². The standard InChI is InChI=1S/C11H10O3/c1-2-7-5-8-9(12)3-4-14-11(8)6-10(7)13/h3-6,13H,2H2,1H3. The minimum Gasteiger partial charge on any atom is -0.508 e. The SMILES string of the molecule is CCc1cc2c(=O)ccoc2cc1O. The van der Waals surface area contributed by atoms with Crippen LogP contribution in [0.25, 0.3) is 11.0 Å². The first kappa shape index (κ1) is 8.81. The smallest absolute Gasteiger partial charge is 0.192 e. The average molecular weight is 190 g/mol. The summed E-state index contributed by atoms with van der Waals surface area (Å²) in [7, 11) is 0. The van der Waals surface area contributed by atoms with E-state index in [1.807, 2.05) is 6.92 Å². The zero-order valence-corrected chi connectivity index (χ0v) is 7.78. The predicted octanol–water partition coefficient (Wildman–Crippen LogP) is 2.06. The molecule has 3 heteroatoms. The second-order valence-electron chi connectivity index (χ2n) is 3.12. The molecule has 14 heavy (non-hydrogen) atoms. The van der Waals surface area contributed by atoms with Crippen molar-refractivity contribution in [2.45, 2.75) is 13.3 Å². The zero-order valence-electron chi connectivity index (χ0n) is 7.78. The van der Waals surface area contributed by atoms with Gasteiger partial charge in [0.2, 0.25) is 0 Å². The summed E-state index contributed by atoms with van der Waals surface area (Å²) in [4.78, 5) is 11.4. The molecule has 0 aliphatic carbocycles. The first-order chi connectivity index (χ1) is 6.72. The fourth-order valence-electron chi connectivity index (χ4n) is 1.45. The molecule has 0 saturated heterocycles. The minimum atomic E-state index is -0.0825. The van der Waals surface area contributed by atoms with E-state index in [1.165, 1.54) is 18.4 Å². The van der Waals surface area contributed by atoms with Crippen LogP contribution in [0.5, 0.6) is 5.75 Å². The Balaban J connectivity index is 2.87. The lowest BCUT2D eigenvalue weighted by atomic mass is 10.1. The molecule has 0 atom stereocenters. The number of rotatable bonds is 1. The maximum atomic E-state index is 11.4. The Morgan fingerprint density at radius 3 is 2.93 bits per heavy atom. The number of hydrogen-bond donors (Lipinski definition) is 1. The molecule has 2 aromatic rings. The maximum absolute atomic E-state index is 11.4. The third-order valence-corrected chi connectivity index (χ3v) is 2.24. The van der Waals surface area contributed by atoms with E-state index in [2.05, 4.69) is 0 Å². The number of aryl methyl sites for hydroxylation is 1. The molecule has 0 saturated carbocycles. The number of fused-ring (bicyclic) bond motifs is 1. The summed E-state index contributed by atoms with van der Waals surface area (Å²) in [5.74, 6) is 0.175. The lowest BCUT2D eigenvalue weighted by Gasteiger charge is -2.02. The van der Waals surface area contributed by atoms with Crippen molar-refractivity contribution in [3.63, 3.8) is 0 Å². The van der Waals surface area contributed by atoms with Crippen LogP contribution in [0.3, 0.4) is 0 Å². The summed E-state index contributed by atoms with van der Waals surface area (Å²) < 4.78 is 5.11. The van der Waals surface area contributed by atoms with Crippen molar-refractivity contribution in [1.82, 2.24) is 0 Å². The summed E-state index contributed by atoms with van der Waals surface area (Å²) in [5.41, 5.74) is 1.10. The zero-order chi connectivity index (χ0) is 10.1. The fraction of sp³-hybridized carbons (Fsp3) is 0.182. The third kappa shape index (κ3) is 1.27. The average Bonchev–Trinajstić information content (AvgIpc) is 2.17. The second kappa shape index (κ2) is 3.18. The Labute approximate surface area is 80.6 Å². The highest BCUT2D eigenvalue weighted by atomic mass is 16.3. The monoisotopic (exact) mass is 190 g/mol. The van der Waals surface area contributed by atoms with E-state index >= 15 is 0 Å². The van der Waals surface area contributed by atoms with Gasteiger partial charge in [-0.15, -0.1) is 0 Å². The molecule has 3 nitrogen and oxygen atoms in total. The lowest BCUT2D eigenvalue weighted by Crippen LogP contribution is -1.98. The van der Waals surface area contributed by atoms with Crippen molar-refractivity contribution in [1.29, 1.82) is 0 Å². The normalized spacial score (nSPS) is 10.6. The molecule has 0 aliphatic heterocycles. The molecule has 0 aliphatic rings. The molecular weight excluding hydrogens is 180 g/mol. The van der Waals surface area contributed by atoms with Crippen molar-refractivity contribution < 1.29 is 9.52 Å². The Morgan fingerprint density at radius 2 is 2.21 bits per heavy atom. The van der Waals surface area contributed by atoms with E-state index in [0.29, 0.717) is 17.4 Å². The number of aromatic hydroxyl groups is 1. The van der Waals surface area contributed by atoms with Gasteiger partial charge in [-0.1, -0.05) is 6.92 Å². The molecule has 72 valence electrons. The van der Waals surface area contributed by atoms with Gasteiger partial charge in [0.25, 0.3) is 0 Å². The molecule has 1 heterocycles. The number of phenolic OH excluding ortho intramolecular Hbond substituents is 1. The van der Waals surface area contributed by atoms with Crippen LogP contribution in [0.15, 0.2) is 33.7 Å². The molecule has 2 rings (SSSR count). The predicted molar refractivity (Wildman–Crippen MR) is 53.5 cm³/mol. The van der Waals surface area contributed by atoms with Crippen molar-refractivity contribution >= 4 is 11.0 Å². The molecule has 0 radical (unpaired) electrons. The molecule has 0 spiro atoms. The highest BCUT2D eigenvalue weighted by Gasteiger charge is 2.05. The van der Waals surface area contributed by atoms with Crippen LogP contribution in [0.2, 0.25) is 0 Å². The largest absolute Gasteiger partial charge is 0.508 e. The van der Waals surface area contributed by atoms with Crippen molar-refractivity contribution in [3.05, 3.63) is 40.2 Å². The highest BCUT2D eigenvalue weighted by molar-refractivity contribution is 5.79. The van der Waals surface area contributed by atoms with Gasteiger partial charge in [0.1, 0.15) is 11.3 Å². The highest BCUT2D eigenvalue weighted by Crippen LogP contribution is 2.23. The quantitative estimate of drug-likeness (QED) is 0.748. The van der Waals surface area contributed by atoms with Crippen LogP contribution < -0.4 is 5.43 Å². The summed E-state index contributed by atoms with van der Waals surface area (Å²) in [6, 6.07) is 4.53. The molecule has 0 unspecified atom stereocenters.